The zero-order valence-corrected chi connectivity index (χ0v) is 6.08. The predicted octanol–water partition coefficient (Wildman–Crippen LogP) is 0.306. The first-order chi connectivity index (χ1) is 5.11. The SMILES string of the molecule is Cc1ccc(B(O)O)c(F)c1.[HH].[HH]. The molecule has 0 amide bonds. The molecule has 0 heterocycles. The van der Waals surface area contributed by atoms with E-state index in [2.05, 4.69) is 0 Å². The average Bonchev–Trinajstić information content (AvgIpc) is 1.85. The van der Waals surface area contributed by atoms with Crippen molar-refractivity contribution in [3.05, 3.63) is 29.6 Å². The second-order valence-electron chi connectivity index (χ2n) is 2.40. The van der Waals surface area contributed by atoms with E-state index >= 15 is 0 Å². The van der Waals surface area contributed by atoms with Crippen LogP contribution in [0.2, 0.25) is 0 Å². The van der Waals surface area contributed by atoms with E-state index in [1.165, 1.54) is 12.1 Å². The quantitative estimate of drug-likeness (QED) is 0.577. The van der Waals surface area contributed by atoms with E-state index in [0.717, 1.165) is 5.56 Å². The molecule has 1 aromatic rings. The highest BCUT2D eigenvalue weighted by Gasteiger charge is 2.15. The minimum Gasteiger partial charge on any atom is -0.423 e. The van der Waals surface area contributed by atoms with Gasteiger partial charge in [0.15, 0.2) is 0 Å². The van der Waals surface area contributed by atoms with Gasteiger partial charge >= 0.3 is 7.12 Å². The molecule has 11 heavy (non-hydrogen) atoms. The highest BCUT2D eigenvalue weighted by atomic mass is 19.1. The molecule has 0 fully saturated rings. The Morgan fingerprint density at radius 1 is 1.45 bits per heavy atom. The van der Waals surface area contributed by atoms with E-state index in [-0.39, 0.29) is 8.32 Å². The number of hydrogen-bond donors (Lipinski definition) is 2. The van der Waals surface area contributed by atoms with Crippen LogP contribution in [0.5, 0.6) is 0 Å². The Bertz CT molecular complexity index is 271. The van der Waals surface area contributed by atoms with Crippen molar-refractivity contribution in [1.82, 2.24) is 0 Å². The molecule has 0 atom stereocenters. The molecule has 0 saturated heterocycles. The van der Waals surface area contributed by atoms with Crippen LogP contribution in [0.25, 0.3) is 0 Å². The molecule has 0 saturated carbocycles. The Kier molecular flexibility index (Phi) is 2.26. The third kappa shape index (κ3) is 1.79. The molecule has 0 unspecified atom stereocenters. The maximum atomic E-state index is 12.8. The maximum absolute atomic E-state index is 12.8. The molecule has 0 radical (unpaired) electrons. The molecular formula is C7H12BFO2. The molecule has 2 N–H and O–H groups in total. The predicted molar refractivity (Wildman–Crippen MR) is 45.2 cm³/mol. The van der Waals surface area contributed by atoms with E-state index in [0.29, 0.717) is 0 Å². The van der Waals surface area contributed by atoms with Gasteiger partial charge in [0, 0.05) is 8.32 Å². The molecule has 0 aliphatic heterocycles. The van der Waals surface area contributed by atoms with Crippen molar-refractivity contribution >= 4 is 12.6 Å². The first-order valence-corrected chi connectivity index (χ1v) is 3.23. The molecule has 1 aromatic carbocycles. The van der Waals surface area contributed by atoms with Crippen LogP contribution in [-0.4, -0.2) is 17.2 Å². The van der Waals surface area contributed by atoms with Gasteiger partial charge in [-0.25, -0.2) is 4.39 Å². The minimum atomic E-state index is -1.73. The van der Waals surface area contributed by atoms with Gasteiger partial charge in [0.1, 0.15) is 5.82 Å². The lowest BCUT2D eigenvalue weighted by molar-refractivity contribution is 0.423. The molecule has 0 aliphatic rings. The van der Waals surface area contributed by atoms with Crippen molar-refractivity contribution in [3.63, 3.8) is 0 Å². The van der Waals surface area contributed by atoms with Crippen molar-refractivity contribution in [3.8, 4) is 0 Å². The van der Waals surface area contributed by atoms with Crippen LogP contribution >= 0.6 is 0 Å². The third-order valence-electron chi connectivity index (χ3n) is 1.43. The summed E-state index contributed by atoms with van der Waals surface area (Å²) in [7, 11) is -1.73. The van der Waals surface area contributed by atoms with Crippen LogP contribution in [0.1, 0.15) is 8.42 Å². The molecule has 1 rings (SSSR count). The fourth-order valence-corrected chi connectivity index (χ4v) is 0.842. The lowest BCUT2D eigenvalue weighted by Gasteiger charge is -2.00. The number of rotatable bonds is 1. The van der Waals surface area contributed by atoms with Gasteiger partial charge in [0.05, 0.1) is 0 Å². The highest BCUT2D eigenvalue weighted by molar-refractivity contribution is 6.58. The normalized spacial score (nSPS) is 9.82. The zero-order valence-electron chi connectivity index (χ0n) is 6.08. The molecule has 0 bridgehead atoms. The smallest absolute Gasteiger partial charge is 0.423 e. The van der Waals surface area contributed by atoms with Gasteiger partial charge in [-0.15, -0.1) is 0 Å². The van der Waals surface area contributed by atoms with Gasteiger partial charge in [-0.1, -0.05) is 12.1 Å². The van der Waals surface area contributed by atoms with E-state index in [1.54, 1.807) is 13.0 Å². The Morgan fingerprint density at radius 2 is 2.09 bits per heavy atom. The number of halogens is 1. The summed E-state index contributed by atoms with van der Waals surface area (Å²) in [5.74, 6) is -0.583. The fraction of sp³-hybridized carbons (Fsp3) is 0.143. The van der Waals surface area contributed by atoms with E-state index < -0.39 is 12.9 Å². The number of aryl methyl sites for hydroxylation is 1. The summed E-state index contributed by atoms with van der Waals surface area (Å²) in [5, 5.41) is 17.2. The van der Waals surface area contributed by atoms with Crippen molar-refractivity contribution in [1.29, 1.82) is 0 Å². The average molecular weight is 158 g/mol. The second kappa shape index (κ2) is 3.03. The molecule has 0 aliphatic carbocycles. The summed E-state index contributed by atoms with van der Waals surface area (Å²) in [6, 6.07) is 4.24. The lowest BCUT2D eigenvalue weighted by atomic mass is 9.79. The molecule has 0 aromatic heterocycles. The first kappa shape index (κ1) is 8.23. The summed E-state index contributed by atoms with van der Waals surface area (Å²) in [6.45, 7) is 1.73. The topological polar surface area (TPSA) is 40.5 Å². The van der Waals surface area contributed by atoms with Gasteiger partial charge < -0.3 is 10.0 Å². The third-order valence-corrected chi connectivity index (χ3v) is 1.43. The van der Waals surface area contributed by atoms with Crippen LogP contribution in [0.4, 0.5) is 4.39 Å². The van der Waals surface area contributed by atoms with Crippen molar-refractivity contribution in [2.75, 3.05) is 0 Å². The fourth-order valence-electron chi connectivity index (χ4n) is 0.842. The van der Waals surface area contributed by atoms with Crippen LogP contribution in [-0.2, 0) is 0 Å². The van der Waals surface area contributed by atoms with Gasteiger partial charge in [0.25, 0.3) is 0 Å². The van der Waals surface area contributed by atoms with E-state index in [1.807, 2.05) is 0 Å². The largest absolute Gasteiger partial charge is 0.491 e. The van der Waals surface area contributed by atoms with Crippen LogP contribution in [0.3, 0.4) is 0 Å². The Balaban J connectivity index is 0. The highest BCUT2D eigenvalue weighted by Crippen LogP contribution is 1.99. The van der Waals surface area contributed by atoms with Crippen molar-refractivity contribution in [2.45, 2.75) is 6.92 Å². The summed E-state index contributed by atoms with van der Waals surface area (Å²) < 4.78 is 12.8. The second-order valence-corrected chi connectivity index (χ2v) is 2.40. The lowest BCUT2D eigenvalue weighted by Crippen LogP contribution is -2.32. The first-order valence-electron chi connectivity index (χ1n) is 3.23. The molecule has 0 spiro atoms. The molecule has 2 nitrogen and oxygen atoms in total. The number of benzene rings is 1. The Labute approximate surface area is 67.4 Å². The molecule has 62 valence electrons. The maximum Gasteiger partial charge on any atom is 0.491 e. The summed E-state index contributed by atoms with van der Waals surface area (Å²) in [6.07, 6.45) is 0. The Hall–Kier alpha value is -0.865. The van der Waals surface area contributed by atoms with Gasteiger partial charge in [-0.2, -0.15) is 0 Å². The molecular weight excluding hydrogens is 146 g/mol. The van der Waals surface area contributed by atoms with Crippen LogP contribution < -0.4 is 5.46 Å². The minimum absolute atomic E-state index is 0. The monoisotopic (exact) mass is 158 g/mol. The Morgan fingerprint density at radius 3 is 2.55 bits per heavy atom. The van der Waals surface area contributed by atoms with E-state index in [4.69, 9.17) is 10.0 Å². The van der Waals surface area contributed by atoms with E-state index in [9.17, 15) is 4.39 Å². The summed E-state index contributed by atoms with van der Waals surface area (Å²) in [5.41, 5.74) is 0.669. The van der Waals surface area contributed by atoms with Gasteiger partial charge in [-0.3, -0.25) is 0 Å². The number of hydrogen-bond acceptors (Lipinski definition) is 2. The van der Waals surface area contributed by atoms with Crippen molar-refractivity contribution in [2.24, 2.45) is 0 Å². The zero-order chi connectivity index (χ0) is 8.43. The summed E-state index contributed by atoms with van der Waals surface area (Å²) in [4.78, 5) is 0. The molecule has 4 heteroatoms. The van der Waals surface area contributed by atoms with Crippen molar-refractivity contribution < 1.29 is 17.3 Å². The van der Waals surface area contributed by atoms with Gasteiger partial charge in [0.2, 0.25) is 0 Å². The standard InChI is InChI=1S/C7H8BFO2.2H2/c1-5-2-3-6(8(10)11)7(9)4-5;;/h2-4,10-11H,1H3;2*1H. The van der Waals surface area contributed by atoms with Crippen LogP contribution in [0, 0.1) is 12.7 Å². The summed E-state index contributed by atoms with van der Waals surface area (Å²) >= 11 is 0. The van der Waals surface area contributed by atoms with Crippen LogP contribution in [0.15, 0.2) is 18.2 Å². The van der Waals surface area contributed by atoms with Gasteiger partial charge in [-0.05, 0) is 18.6 Å².